The maximum absolute atomic E-state index is 12.7. The molecule has 0 bridgehead atoms. The zero-order valence-electron chi connectivity index (χ0n) is 18.9. The number of carboxylic acids is 1. The van der Waals surface area contributed by atoms with E-state index in [0.29, 0.717) is 45.2 Å². The van der Waals surface area contributed by atoms with Gasteiger partial charge in [0.25, 0.3) is 0 Å². The van der Waals surface area contributed by atoms with Crippen molar-refractivity contribution < 1.29 is 24.3 Å². The summed E-state index contributed by atoms with van der Waals surface area (Å²) < 4.78 is 0. The number of hydrogen-bond donors (Lipinski definition) is 7. The molecule has 3 amide bonds. The van der Waals surface area contributed by atoms with E-state index in [9.17, 15) is 24.3 Å². The number of rotatable bonds is 16. The molecular weight excluding hydrogens is 404 g/mol. The molecule has 10 N–H and O–H groups in total. The predicted molar refractivity (Wildman–Crippen MR) is 118 cm³/mol. The molecule has 31 heavy (non-hydrogen) atoms. The van der Waals surface area contributed by atoms with E-state index in [1.807, 2.05) is 0 Å². The molecule has 0 aromatic rings. The Bertz CT molecular complexity index is 586. The van der Waals surface area contributed by atoms with Gasteiger partial charge in [0.15, 0.2) is 0 Å². The number of aliphatic carboxylic acids is 1. The molecule has 0 aliphatic carbocycles. The van der Waals surface area contributed by atoms with E-state index in [1.54, 1.807) is 13.8 Å². The van der Waals surface area contributed by atoms with Crippen LogP contribution in [0.5, 0.6) is 0 Å². The summed E-state index contributed by atoms with van der Waals surface area (Å²) >= 11 is 0. The van der Waals surface area contributed by atoms with Crippen molar-refractivity contribution in [3.63, 3.8) is 0 Å². The summed E-state index contributed by atoms with van der Waals surface area (Å²) in [4.78, 5) is 48.8. The number of carbonyl (C=O) groups is 4. The quantitative estimate of drug-likeness (QED) is 0.143. The van der Waals surface area contributed by atoms with Gasteiger partial charge in [-0.05, 0) is 58.0 Å². The minimum atomic E-state index is -1.15. The SMILES string of the molecule is CC(NC(=O)C(N)CCCCN)C(=O)NC(CCCCN)C(=O)NC(C(=O)O)C(C)C. The smallest absolute Gasteiger partial charge is 0.326 e. The van der Waals surface area contributed by atoms with Gasteiger partial charge < -0.3 is 38.3 Å². The fourth-order valence-corrected chi connectivity index (χ4v) is 2.85. The van der Waals surface area contributed by atoms with Crippen LogP contribution in [0.1, 0.15) is 59.3 Å². The lowest BCUT2D eigenvalue weighted by Gasteiger charge is -2.25. The number of unbranched alkanes of at least 4 members (excludes halogenated alkanes) is 2. The molecular formula is C20H40N6O5. The zero-order valence-corrected chi connectivity index (χ0v) is 18.9. The van der Waals surface area contributed by atoms with Crippen molar-refractivity contribution in [3.05, 3.63) is 0 Å². The summed E-state index contributed by atoms with van der Waals surface area (Å²) in [6.07, 6.45) is 3.42. The van der Waals surface area contributed by atoms with Crippen LogP contribution < -0.4 is 33.2 Å². The van der Waals surface area contributed by atoms with Crippen molar-refractivity contribution in [1.82, 2.24) is 16.0 Å². The molecule has 0 saturated heterocycles. The van der Waals surface area contributed by atoms with Gasteiger partial charge in [0.1, 0.15) is 18.1 Å². The van der Waals surface area contributed by atoms with Gasteiger partial charge in [0.05, 0.1) is 6.04 Å². The van der Waals surface area contributed by atoms with Crippen molar-refractivity contribution in [3.8, 4) is 0 Å². The second kappa shape index (κ2) is 15.5. The normalized spacial score (nSPS) is 14.9. The van der Waals surface area contributed by atoms with Crippen molar-refractivity contribution in [2.75, 3.05) is 13.1 Å². The molecule has 0 spiro atoms. The first-order chi connectivity index (χ1) is 14.5. The molecule has 0 aromatic carbocycles. The first-order valence-corrected chi connectivity index (χ1v) is 10.8. The third kappa shape index (κ3) is 11.7. The van der Waals surface area contributed by atoms with Crippen LogP contribution >= 0.6 is 0 Å². The van der Waals surface area contributed by atoms with Gasteiger partial charge in [-0.2, -0.15) is 0 Å². The van der Waals surface area contributed by atoms with Gasteiger partial charge in [-0.15, -0.1) is 0 Å². The van der Waals surface area contributed by atoms with Crippen molar-refractivity contribution >= 4 is 23.7 Å². The lowest BCUT2D eigenvalue weighted by atomic mass is 10.0. The van der Waals surface area contributed by atoms with E-state index in [-0.39, 0.29) is 5.92 Å². The number of carboxylic acid groups (broad SMARTS) is 1. The molecule has 4 unspecified atom stereocenters. The molecule has 0 radical (unpaired) electrons. The topological polar surface area (TPSA) is 203 Å². The van der Waals surface area contributed by atoms with Gasteiger partial charge in [-0.3, -0.25) is 14.4 Å². The Labute approximate surface area is 184 Å². The van der Waals surface area contributed by atoms with Gasteiger partial charge in [0.2, 0.25) is 17.7 Å². The van der Waals surface area contributed by atoms with Crippen LogP contribution in [0, 0.1) is 5.92 Å². The second-order valence-corrected chi connectivity index (χ2v) is 8.04. The molecule has 0 aromatic heterocycles. The Balaban J connectivity index is 5.00. The lowest BCUT2D eigenvalue weighted by molar-refractivity contribution is -0.143. The highest BCUT2D eigenvalue weighted by Gasteiger charge is 2.29. The van der Waals surface area contributed by atoms with E-state index < -0.39 is 47.9 Å². The minimum Gasteiger partial charge on any atom is -0.480 e. The van der Waals surface area contributed by atoms with Gasteiger partial charge in [-0.25, -0.2) is 4.79 Å². The Kier molecular flexibility index (Phi) is 14.4. The molecule has 0 rings (SSSR count). The molecule has 11 nitrogen and oxygen atoms in total. The molecule has 11 heteroatoms. The maximum atomic E-state index is 12.7. The molecule has 0 fully saturated rings. The zero-order chi connectivity index (χ0) is 24.0. The van der Waals surface area contributed by atoms with Crippen LogP contribution in [0.15, 0.2) is 0 Å². The molecule has 180 valence electrons. The minimum absolute atomic E-state index is 0.290. The Hall–Kier alpha value is -2.24. The molecule has 0 saturated carbocycles. The van der Waals surface area contributed by atoms with Gasteiger partial charge >= 0.3 is 5.97 Å². The summed E-state index contributed by atoms with van der Waals surface area (Å²) in [6.45, 7) is 5.79. The monoisotopic (exact) mass is 444 g/mol. The fourth-order valence-electron chi connectivity index (χ4n) is 2.85. The van der Waals surface area contributed by atoms with Crippen LogP contribution in [0.25, 0.3) is 0 Å². The highest BCUT2D eigenvalue weighted by molar-refractivity contribution is 5.93. The van der Waals surface area contributed by atoms with Gasteiger partial charge in [0, 0.05) is 0 Å². The number of carbonyl (C=O) groups excluding carboxylic acids is 3. The fraction of sp³-hybridized carbons (Fsp3) is 0.800. The standard InChI is InChI=1S/C20H40N6O5/c1-12(2)16(20(30)31)26-19(29)15(9-5-7-11-22)25-17(27)13(3)24-18(28)14(23)8-4-6-10-21/h12-16H,4-11,21-23H2,1-3H3,(H,24,28)(H,25,27)(H,26,29)(H,30,31). The number of hydrogen-bond acceptors (Lipinski definition) is 7. The third-order valence-electron chi connectivity index (χ3n) is 4.87. The Morgan fingerprint density at radius 2 is 1.32 bits per heavy atom. The largest absolute Gasteiger partial charge is 0.480 e. The average molecular weight is 445 g/mol. The summed E-state index contributed by atoms with van der Waals surface area (Å²) in [7, 11) is 0. The van der Waals surface area contributed by atoms with E-state index >= 15 is 0 Å². The molecule has 0 aliphatic heterocycles. The molecule has 0 heterocycles. The highest BCUT2D eigenvalue weighted by atomic mass is 16.4. The Morgan fingerprint density at radius 1 is 0.774 bits per heavy atom. The average Bonchev–Trinajstić information content (AvgIpc) is 2.70. The summed E-state index contributed by atoms with van der Waals surface area (Å²) in [5.74, 6) is -3.11. The molecule has 4 atom stereocenters. The van der Waals surface area contributed by atoms with E-state index in [0.717, 1.165) is 6.42 Å². The van der Waals surface area contributed by atoms with E-state index in [2.05, 4.69) is 16.0 Å². The number of nitrogens with one attached hydrogen (secondary N) is 3. The summed E-state index contributed by atoms with van der Waals surface area (Å²) in [5.41, 5.74) is 16.7. The van der Waals surface area contributed by atoms with Crippen LogP contribution in [0.4, 0.5) is 0 Å². The van der Waals surface area contributed by atoms with E-state index in [4.69, 9.17) is 17.2 Å². The van der Waals surface area contributed by atoms with Crippen LogP contribution in [-0.2, 0) is 19.2 Å². The van der Waals surface area contributed by atoms with Gasteiger partial charge in [-0.1, -0.05) is 20.3 Å². The summed E-state index contributed by atoms with van der Waals surface area (Å²) in [6, 6.07) is -3.70. The highest BCUT2D eigenvalue weighted by Crippen LogP contribution is 2.06. The van der Waals surface area contributed by atoms with Crippen LogP contribution in [-0.4, -0.2) is 66.1 Å². The number of nitrogens with two attached hydrogens (primary N) is 3. The van der Waals surface area contributed by atoms with Crippen LogP contribution in [0.3, 0.4) is 0 Å². The predicted octanol–water partition coefficient (Wildman–Crippen LogP) is -1.21. The van der Waals surface area contributed by atoms with Crippen LogP contribution in [0.2, 0.25) is 0 Å². The lowest BCUT2D eigenvalue weighted by Crippen LogP contribution is -2.56. The first kappa shape index (κ1) is 28.8. The third-order valence-corrected chi connectivity index (χ3v) is 4.87. The maximum Gasteiger partial charge on any atom is 0.326 e. The van der Waals surface area contributed by atoms with Crippen molar-refractivity contribution in [2.24, 2.45) is 23.1 Å². The molecule has 0 aliphatic rings. The second-order valence-electron chi connectivity index (χ2n) is 8.04. The van der Waals surface area contributed by atoms with E-state index in [1.165, 1.54) is 6.92 Å². The number of amides is 3. The van der Waals surface area contributed by atoms with Crippen molar-refractivity contribution in [2.45, 2.75) is 83.5 Å². The Morgan fingerprint density at radius 3 is 1.81 bits per heavy atom. The first-order valence-electron chi connectivity index (χ1n) is 10.8. The van der Waals surface area contributed by atoms with Crippen molar-refractivity contribution in [1.29, 1.82) is 0 Å². The summed E-state index contributed by atoms with van der Waals surface area (Å²) in [5, 5.41) is 16.9.